The summed E-state index contributed by atoms with van der Waals surface area (Å²) >= 11 is 0. The Hall–Kier alpha value is -0.120. The number of ether oxygens (including phenoxy) is 1. The lowest BCUT2D eigenvalue weighted by Crippen LogP contribution is -2.65. The largest absolute Gasteiger partial charge is 0.381 e. The van der Waals surface area contributed by atoms with Crippen LogP contribution in [-0.2, 0) is 4.74 Å². The Morgan fingerprint density at radius 2 is 1.95 bits per heavy atom. The van der Waals surface area contributed by atoms with E-state index in [-0.39, 0.29) is 0 Å². The summed E-state index contributed by atoms with van der Waals surface area (Å²) in [6.07, 6.45) is 9.41. The van der Waals surface area contributed by atoms with Gasteiger partial charge in [-0.3, -0.25) is 4.90 Å². The Kier molecular flexibility index (Phi) is 4.68. The molecule has 1 saturated carbocycles. The minimum atomic E-state index is 0.450. The average Bonchev–Trinajstić information content (AvgIpc) is 2.95. The fourth-order valence-electron chi connectivity index (χ4n) is 4.70. The van der Waals surface area contributed by atoms with Crippen molar-refractivity contribution in [1.82, 2.24) is 10.2 Å². The Balaban J connectivity index is 1.69. The van der Waals surface area contributed by atoms with Crippen LogP contribution < -0.4 is 5.32 Å². The maximum Gasteiger partial charge on any atom is 0.0469 e. The highest BCUT2D eigenvalue weighted by Gasteiger charge is 2.43. The van der Waals surface area contributed by atoms with Crippen LogP contribution in [0.5, 0.6) is 0 Å². The highest BCUT2D eigenvalue weighted by Crippen LogP contribution is 2.36. The van der Waals surface area contributed by atoms with Gasteiger partial charge < -0.3 is 10.1 Å². The van der Waals surface area contributed by atoms with Crippen LogP contribution in [0, 0.1) is 5.92 Å². The lowest BCUT2D eigenvalue weighted by Gasteiger charge is -2.50. The molecule has 0 radical (unpaired) electrons. The summed E-state index contributed by atoms with van der Waals surface area (Å²) in [5.74, 6) is 0.842. The second-order valence-electron chi connectivity index (χ2n) is 7.29. The zero-order chi connectivity index (χ0) is 14.0. The molecule has 3 nitrogen and oxygen atoms in total. The summed E-state index contributed by atoms with van der Waals surface area (Å²) < 4.78 is 5.55. The Morgan fingerprint density at radius 3 is 2.60 bits per heavy atom. The molecule has 0 aromatic rings. The van der Waals surface area contributed by atoms with Gasteiger partial charge in [-0.15, -0.1) is 0 Å². The standard InChI is InChI=1S/C17H32N2O/c1-3-16-12-18-17(8-4-5-9-17)13-19(16)14(2)15-6-10-20-11-7-15/h14-16,18H,3-13H2,1-2H3. The molecule has 1 N–H and O–H groups in total. The molecular formula is C17H32N2O. The molecule has 0 amide bonds. The molecule has 3 rings (SSSR count). The first-order valence-electron chi connectivity index (χ1n) is 8.82. The van der Waals surface area contributed by atoms with Crippen molar-refractivity contribution in [2.75, 3.05) is 26.3 Å². The summed E-state index contributed by atoms with van der Waals surface area (Å²) in [6, 6.07) is 1.46. The topological polar surface area (TPSA) is 24.5 Å². The number of nitrogens with zero attached hydrogens (tertiary/aromatic N) is 1. The maximum atomic E-state index is 5.55. The van der Waals surface area contributed by atoms with Gasteiger partial charge >= 0.3 is 0 Å². The summed E-state index contributed by atoms with van der Waals surface area (Å²) in [5.41, 5.74) is 0.450. The van der Waals surface area contributed by atoms with Crippen LogP contribution in [0.25, 0.3) is 0 Å². The second-order valence-corrected chi connectivity index (χ2v) is 7.29. The van der Waals surface area contributed by atoms with Crippen molar-refractivity contribution in [3.63, 3.8) is 0 Å². The molecule has 2 atom stereocenters. The minimum Gasteiger partial charge on any atom is -0.381 e. The molecule has 2 heterocycles. The fraction of sp³-hybridized carbons (Fsp3) is 1.00. The predicted octanol–water partition coefficient (Wildman–Crippen LogP) is 2.80. The molecule has 20 heavy (non-hydrogen) atoms. The summed E-state index contributed by atoms with van der Waals surface area (Å²) in [7, 11) is 0. The summed E-state index contributed by atoms with van der Waals surface area (Å²) in [6.45, 7) is 9.26. The van der Waals surface area contributed by atoms with Crippen LogP contribution in [0.15, 0.2) is 0 Å². The Morgan fingerprint density at radius 1 is 1.25 bits per heavy atom. The third kappa shape index (κ3) is 2.90. The third-order valence-electron chi connectivity index (χ3n) is 6.17. The zero-order valence-corrected chi connectivity index (χ0v) is 13.4. The van der Waals surface area contributed by atoms with Crippen LogP contribution in [0.4, 0.5) is 0 Å². The van der Waals surface area contributed by atoms with E-state index in [1.54, 1.807) is 0 Å². The smallest absolute Gasteiger partial charge is 0.0469 e. The summed E-state index contributed by atoms with van der Waals surface area (Å²) in [5, 5.41) is 3.92. The first-order chi connectivity index (χ1) is 9.74. The molecule has 1 aliphatic carbocycles. The van der Waals surface area contributed by atoms with E-state index in [2.05, 4.69) is 24.1 Å². The molecule has 1 spiro atoms. The van der Waals surface area contributed by atoms with Gasteiger partial charge in [-0.25, -0.2) is 0 Å². The van der Waals surface area contributed by atoms with Gasteiger partial charge in [-0.05, 0) is 44.9 Å². The van der Waals surface area contributed by atoms with Crippen molar-refractivity contribution in [2.24, 2.45) is 5.92 Å². The average molecular weight is 280 g/mol. The second kappa shape index (κ2) is 6.33. The van der Waals surface area contributed by atoms with Crippen molar-refractivity contribution in [1.29, 1.82) is 0 Å². The van der Waals surface area contributed by atoms with Gasteiger partial charge in [0.2, 0.25) is 0 Å². The first kappa shape index (κ1) is 14.8. The molecule has 0 aromatic carbocycles. The number of piperazine rings is 1. The van der Waals surface area contributed by atoms with Crippen LogP contribution >= 0.6 is 0 Å². The van der Waals surface area contributed by atoms with Gasteiger partial charge in [-0.2, -0.15) is 0 Å². The van der Waals surface area contributed by atoms with Crippen LogP contribution in [0.3, 0.4) is 0 Å². The molecule has 0 bridgehead atoms. The van der Waals surface area contributed by atoms with Crippen molar-refractivity contribution in [2.45, 2.75) is 76.4 Å². The van der Waals surface area contributed by atoms with Gasteiger partial charge in [0.05, 0.1) is 0 Å². The van der Waals surface area contributed by atoms with Gasteiger partial charge in [0.1, 0.15) is 0 Å². The molecule has 3 fully saturated rings. The van der Waals surface area contributed by atoms with Crippen LogP contribution in [0.1, 0.15) is 58.8 Å². The highest BCUT2D eigenvalue weighted by atomic mass is 16.5. The van der Waals surface area contributed by atoms with Gasteiger partial charge in [-0.1, -0.05) is 19.8 Å². The molecular weight excluding hydrogens is 248 g/mol. The van der Waals surface area contributed by atoms with E-state index >= 15 is 0 Å². The normalized spacial score (nSPS) is 33.6. The van der Waals surface area contributed by atoms with E-state index in [4.69, 9.17) is 4.74 Å². The van der Waals surface area contributed by atoms with E-state index in [0.29, 0.717) is 5.54 Å². The van der Waals surface area contributed by atoms with Crippen LogP contribution in [-0.4, -0.2) is 48.8 Å². The number of nitrogens with one attached hydrogen (secondary N) is 1. The monoisotopic (exact) mass is 280 g/mol. The van der Waals surface area contributed by atoms with Crippen LogP contribution in [0.2, 0.25) is 0 Å². The molecule has 2 saturated heterocycles. The van der Waals surface area contributed by atoms with E-state index < -0.39 is 0 Å². The summed E-state index contributed by atoms with van der Waals surface area (Å²) in [4.78, 5) is 2.86. The van der Waals surface area contributed by atoms with Gasteiger partial charge in [0, 0.05) is 43.9 Å². The molecule has 3 aliphatic rings. The van der Waals surface area contributed by atoms with E-state index in [1.807, 2.05) is 0 Å². The molecule has 0 aromatic heterocycles. The lowest BCUT2D eigenvalue weighted by molar-refractivity contribution is -0.0118. The maximum absolute atomic E-state index is 5.55. The molecule has 3 heteroatoms. The first-order valence-corrected chi connectivity index (χ1v) is 8.82. The number of hydrogen-bond donors (Lipinski definition) is 1. The van der Waals surface area contributed by atoms with Crippen molar-refractivity contribution < 1.29 is 4.74 Å². The van der Waals surface area contributed by atoms with Crippen molar-refractivity contribution >= 4 is 0 Å². The molecule has 116 valence electrons. The van der Waals surface area contributed by atoms with E-state index in [9.17, 15) is 0 Å². The minimum absolute atomic E-state index is 0.450. The van der Waals surface area contributed by atoms with E-state index in [0.717, 1.165) is 31.2 Å². The Labute approximate surface area is 124 Å². The highest BCUT2D eigenvalue weighted by molar-refractivity contribution is 5.02. The van der Waals surface area contributed by atoms with Gasteiger partial charge in [0.15, 0.2) is 0 Å². The zero-order valence-electron chi connectivity index (χ0n) is 13.4. The quantitative estimate of drug-likeness (QED) is 0.860. The van der Waals surface area contributed by atoms with E-state index in [1.165, 1.54) is 58.0 Å². The lowest BCUT2D eigenvalue weighted by atomic mass is 9.86. The SMILES string of the molecule is CCC1CNC2(CCCC2)CN1C(C)C1CCOCC1. The number of hydrogen-bond acceptors (Lipinski definition) is 3. The third-order valence-corrected chi connectivity index (χ3v) is 6.17. The fourth-order valence-corrected chi connectivity index (χ4v) is 4.70. The predicted molar refractivity (Wildman–Crippen MR) is 83.0 cm³/mol. The van der Waals surface area contributed by atoms with Crippen molar-refractivity contribution in [3.8, 4) is 0 Å². The Bertz CT molecular complexity index is 308. The molecule has 2 aliphatic heterocycles. The van der Waals surface area contributed by atoms with Crippen molar-refractivity contribution in [3.05, 3.63) is 0 Å². The number of rotatable bonds is 3. The van der Waals surface area contributed by atoms with Gasteiger partial charge in [0.25, 0.3) is 0 Å². The molecule has 2 unspecified atom stereocenters.